The lowest BCUT2D eigenvalue weighted by atomic mass is 10.3. The lowest BCUT2D eigenvalue weighted by molar-refractivity contribution is -0.146. The van der Waals surface area contributed by atoms with Crippen molar-refractivity contribution in [3.63, 3.8) is 0 Å². The number of rotatable bonds is 1. The molecule has 8 heteroatoms. The summed E-state index contributed by atoms with van der Waals surface area (Å²) in [6.07, 6.45) is -4.00. The van der Waals surface area contributed by atoms with Gasteiger partial charge in [-0.3, -0.25) is 4.68 Å². The summed E-state index contributed by atoms with van der Waals surface area (Å²) in [6, 6.07) is 0. The fourth-order valence-electron chi connectivity index (χ4n) is 1.39. The monoisotopic (exact) mass is 242 g/mol. The van der Waals surface area contributed by atoms with Gasteiger partial charge >= 0.3 is 6.18 Å². The van der Waals surface area contributed by atoms with E-state index in [0.717, 1.165) is 13.3 Å². The van der Waals surface area contributed by atoms with Crippen LogP contribution < -0.4 is 0 Å². The maximum atomic E-state index is 12.5. The first-order chi connectivity index (χ1) is 6.55. The van der Waals surface area contributed by atoms with E-state index in [0.29, 0.717) is 4.68 Å². The SMILES string of the molecule is Cc1nn(C)c(C(F)(F)F)c1S(C)(=O)=O. The predicted octanol–water partition coefficient (Wildman–Crippen LogP) is 1.15. The quantitative estimate of drug-likeness (QED) is 0.742. The van der Waals surface area contributed by atoms with Crippen LogP contribution in [0.25, 0.3) is 0 Å². The van der Waals surface area contributed by atoms with E-state index in [4.69, 9.17) is 0 Å². The Kier molecular flexibility index (Phi) is 2.58. The van der Waals surface area contributed by atoms with Crippen LogP contribution in [0.1, 0.15) is 11.4 Å². The summed E-state index contributed by atoms with van der Waals surface area (Å²) in [5, 5.41) is 3.46. The summed E-state index contributed by atoms with van der Waals surface area (Å²) >= 11 is 0. The topological polar surface area (TPSA) is 52.0 Å². The Labute approximate surface area is 84.6 Å². The van der Waals surface area contributed by atoms with Gasteiger partial charge in [0.05, 0.1) is 5.69 Å². The number of sulfone groups is 1. The van der Waals surface area contributed by atoms with Gasteiger partial charge in [-0.05, 0) is 6.92 Å². The summed E-state index contributed by atoms with van der Waals surface area (Å²) < 4.78 is 60.5. The van der Waals surface area contributed by atoms with E-state index in [-0.39, 0.29) is 5.69 Å². The molecule has 4 nitrogen and oxygen atoms in total. The van der Waals surface area contributed by atoms with E-state index in [2.05, 4.69) is 5.10 Å². The van der Waals surface area contributed by atoms with Gasteiger partial charge in [0, 0.05) is 13.3 Å². The smallest absolute Gasteiger partial charge is 0.262 e. The van der Waals surface area contributed by atoms with E-state index >= 15 is 0 Å². The van der Waals surface area contributed by atoms with Crippen molar-refractivity contribution in [2.45, 2.75) is 18.0 Å². The van der Waals surface area contributed by atoms with E-state index in [9.17, 15) is 21.6 Å². The van der Waals surface area contributed by atoms with Crippen LogP contribution in [0.3, 0.4) is 0 Å². The molecular formula is C7H9F3N2O2S. The van der Waals surface area contributed by atoms with E-state index < -0.39 is 26.6 Å². The van der Waals surface area contributed by atoms with Crippen molar-refractivity contribution in [3.05, 3.63) is 11.4 Å². The molecule has 0 radical (unpaired) electrons. The summed E-state index contributed by atoms with van der Waals surface area (Å²) in [5.41, 5.74) is -1.38. The average Bonchev–Trinajstić information content (AvgIpc) is 2.22. The highest BCUT2D eigenvalue weighted by molar-refractivity contribution is 7.90. The van der Waals surface area contributed by atoms with Crippen LogP contribution in [-0.2, 0) is 23.1 Å². The second-order valence-electron chi connectivity index (χ2n) is 3.16. The molecule has 0 bridgehead atoms. The van der Waals surface area contributed by atoms with Gasteiger partial charge in [0.2, 0.25) is 0 Å². The first-order valence-corrected chi connectivity index (χ1v) is 5.75. The Balaban J connectivity index is 3.66. The highest BCUT2D eigenvalue weighted by atomic mass is 32.2. The third-order valence-electron chi connectivity index (χ3n) is 1.81. The largest absolute Gasteiger partial charge is 0.434 e. The molecule has 0 fully saturated rings. The fourth-order valence-corrected chi connectivity index (χ4v) is 2.57. The van der Waals surface area contributed by atoms with E-state index in [1.54, 1.807) is 0 Å². The molecule has 15 heavy (non-hydrogen) atoms. The Hall–Kier alpha value is -1.05. The lowest BCUT2D eigenvalue weighted by Crippen LogP contribution is -2.16. The van der Waals surface area contributed by atoms with Crippen molar-refractivity contribution in [2.75, 3.05) is 6.26 Å². The summed E-state index contributed by atoms with van der Waals surface area (Å²) in [6.45, 7) is 1.23. The number of nitrogens with zero attached hydrogens (tertiary/aromatic N) is 2. The van der Waals surface area contributed by atoms with Crippen LogP contribution in [-0.4, -0.2) is 24.5 Å². The standard InChI is InChI=1S/C7H9F3N2O2S/c1-4-5(15(3,13)14)6(7(8,9)10)12(2)11-4/h1-3H3. The molecule has 1 aromatic heterocycles. The predicted molar refractivity (Wildman–Crippen MR) is 46.1 cm³/mol. The van der Waals surface area contributed by atoms with Crippen molar-refractivity contribution in [3.8, 4) is 0 Å². The first-order valence-electron chi connectivity index (χ1n) is 3.86. The highest BCUT2D eigenvalue weighted by Crippen LogP contribution is 2.35. The molecule has 1 rings (SSSR count). The molecular weight excluding hydrogens is 233 g/mol. The highest BCUT2D eigenvalue weighted by Gasteiger charge is 2.41. The minimum atomic E-state index is -4.73. The molecule has 0 spiro atoms. The molecule has 0 amide bonds. The lowest BCUT2D eigenvalue weighted by Gasteiger charge is -2.08. The molecule has 0 aliphatic heterocycles. The Morgan fingerprint density at radius 2 is 1.80 bits per heavy atom. The molecule has 0 unspecified atom stereocenters. The van der Waals surface area contributed by atoms with Crippen molar-refractivity contribution < 1.29 is 21.6 Å². The van der Waals surface area contributed by atoms with Gasteiger partial charge in [-0.1, -0.05) is 0 Å². The van der Waals surface area contributed by atoms with Gasteiger partial charge in [-0.2, -0.15) is 18.3 Å². The summed E-state index contributed by atoms with van der Waals surface area (Å²) in [4.78, 5) is -0.752. The van der Waals surface area contributed by atoms with Crippen LogP contribution >= 0.6 is 0 Å². The van der Waals surface area contributed by atoms with Gasteiger partial charge < -0.3 is 0 Å². The normalized spacial score (nSPS) is 13.2. The molecule has 0 aliphatic carbocycles. The van der Waals surface area contributed by atoms with E-state index in [1.165, 1.54) is 6.92 Å². The van der Waals surface area contributed by atoms with Gasteiger partial charge in [-0.25, -0.2) is 8.42 Å². The van der Waals surface area contributed by atoms with Gasteiger partial charge in [0.25, 0.3) is 0 Å². The van der Waals surface area contributed by atoms with Crippen LogP contribution in [0.4, 0.5) is 13.2 Å². The molecule has 0 aromatic carbocycles. The number of aromatic nitrogens is 2. The second kappa shape index (κ2) is 3.22. The van der Waals surface area contributed by atoms with Crippen molar-refractivity contribution in [2.24, 2.45) is 7.05 Å². The Bertz CT molecular complexity index is 487. The maximum absolute atomic E-state index is 12.5. The molecule has 0 N–H and O–H groups in total. The van der Waals surface area contributed by atoms with Crippen molar-refractivity contribution in [1.29, 1.82) is 0 Å². The van der Waals surface area contributed by atoms with Crippen LogP contribution in [0, 0.1) is 6.92 Å². The minimum Gasteiger partial charge on any atom is -0.262 e. The Morgan fingerprint density at radius 1 is 1.33 bits per heavy atom. The molecule has 1 aromatic rings. The van der Waals surface area contributed by atoms with Gasteiger partial charge in [-0.15, -0.1) is 0 Å². The van der Waals surface area contributed by atoms with Crippen molar-refractivity contribution in [1.82, 2.24) is 9.78 Å². The van der Waals surface area contributed by atoms with Gasteiger partial charge in [0.15, 0.2) is 15.5 Å². The number of aryl methyl sites for hydroxylation is 2. The Morgan fingerprint density at radius 3 is 2.07 bits per heavy atom. The molecule has 1 heterocycles. The average molecular weight is 242 g/mol. The van der Waals surface area contributed by atoms with Gasteiger partial charge in [0.1, 0.15) is 4.90 Å². The molecule has 0 aliphatic rings. The van der Waals surface area contributed by atoms with Crippen LogP contribution in [0.5, 0.6) is 0 Å². The number of hydrogen-bond donors (Lipinski definition) is 0. The minimum absolute atomic E-state index is 0.146. The number of alkyl halides is 3. The van der Waals surface area contributed by atoms with Crippen LogP contribution in [0.2, 0.25) is 0 Å². The van der Waals surface area contributed by atoms with E-state index in [1.807, 2.05) is 0 Å². The first kappa shape index (κ1) is 12.0. The zero-order valence-corrected chi connectivity index (χ0v) is 9.07. The second-order valence-corrected chi connectivity index (χ2v) is 5.11. The van der Waals surface area contributed by atoms with Crippen LogP contribution in [0.15, 0.2) is 4.90 Å². The molecule has 0 saturated carbocycles. The third-order valence-corrected chi connectivity index (χ3v) is 3.04. The van der Waals surface area contributed by atoms with Crippen molar-refractivity contribution >= 4 is 9.84 Å². The fraction of sp³-hybridized carbons (Fsp3) is 0.571. The zero-order valence-electron chi connectivity index (χ0n) is 8.25. The molecule has 0 saturated heterocycles. The molecule has 86 valence electrons. The maximum Gasteiger partial charge on any atom is 0.434 e. The third kappa shape index (κ3) is 2.14. The summed E-state index contributed by atoms with van der Waals surface area (Å²) in [5.74, 6) is 0. The summed E-state index contributed by atoms with van der Waals surface area (Å²) in [7, 11) is -2.87. The number of hydrogen-bond acceptors (Lipinski definition) is 3. The molecule has 0 atom stereocenters. The zero-order chi connectivity index (χ0) is 12.0. The number of halogens is 3.